The van der Waals surface area contributed by atoms with Gasteiger partial charge in [-0.2, -0.15) is 0 Å². The molecule has 0 aliphatic carbocycles. The molecular formula is C7H9N3O5. The van der Waals surface area contributed by atoms with Crippen molar-refractivity contribution >= 4 is 11.9 Å². The lowest BCUT2D eigenvalue weighted by Gasteiger charge is -2.09. The van der Waals surface area contributed by atoms with Gasteiger partial charge in [-0.3, -0.25) is 4.79 Å². The molecule has 1 atom stereocenters. The predicted octanol–water partition coefficient (Wildman–Crippen LogP) is -2.12. The Morgan fingerprint density at radius 2 is 2.20 bits per heavy atom. The Balaban J connectivity index is 2.70. The molecule has 1 aromatic rings. The molecule has 0 bridgehead atoms. The molecule has 0 spiro atoms. The fraction of sp³-hybridized carbons (Fsp3) is 0.286. The minimum atomic E-state index is -1.39. The van der Waals surface area contributed by atoms with E-state index >= 15 is 0 Å². The number of carbonyl (C=O) groups excluding carboxylic acids is 1. The first kappa shape index (κ1) is 11.0. The van der Waals surface area contributed by atoms with Crippen LogP contribution in [0.25, 0.3) is 0 Å². The molecule has 0 aliphatic rings. The second-order valence-corrected chi connectivity index (χ2v) is 2.70. The zero-order valence-corrected chi connectivity index (χ0v) is 7.48. The number of rotatable bonds is 4. The second kappa shape index (κ2) is 4.42. The first-order valence-corrected chi connectivity index (χ1v) is 3.97. The molecule has 82 valence electrons. The summed E-state index contributed by atoms with van der Waals surface area (Å²) in [5, 5.41) is 19.2. The molecule has 5 N–H and O–H groups in total. The third-order valence-electron chi connectivity index (χ3n) is 1.63. The molecule has 1 rings (SSSR count). The maximum atomic E-state index is 11.3. The molecule has 0 aromatic carbocycles. The van der Waals surface area contributed by atoms with Crippen molar-refractivity contribution in [3.05, 3.63) is 22.4 Å². The number of nitrogens with one attached hydrogen (secondary N) is 3. The van der Waals surface area contributed by atoms with E-state index in [-0.39, 0.29) is 5.69 Å². The average Bonchev–Trinajstić information content (AvgIpc) is 2.60. The molecule has 8 nitrogen and oxygen atoms in total. The summed E-state index contributed by atoms with van der Waals surface area (Å²) >= 11 is 0. The van der Waals surface area contributed by atoms with Crippen molar-refractivity contribution in [2.75, 3.05) is 6.61 Å². The number of carboxylic acids is 1. The molecule has 0 saturated carbocycles. The molecule has 0 saturated heterocycles. The van der Waals surface area contributed by atoms with Gasteiger partial charge in [-0.25, -0.2) is 9.59 Å². The smallest absolute Gasteiger partial charge is 0.328 e. The lowest BCUT2D eigenvalue weighted by Crippen LogP contribution is -2.43. The van der Waals surface area contributed by atoms with Crippen LogP contribution in [-0.2, 0) is 4.79 Å². The van der Waals surface area contributed by atoms with Crippen molar-refractivity contribution in [2.24, 2.45) is 0 Å². The van der Waals surface area contributed by atoms with Gasteiger partial charge in [0.2, 0.25) is 0 Å². The van der Waals surface area contributed by atoms with Crippen LogP contribution in [0.1, 0.15) is 10.5 Å². The van der Waals surface area contributed by atoms with Crippen LogP contribution < -0.4 is 11.0 Å². The topological polar surface area (TPSA) is 135 Å². The number of aliphatic hydroxyl groups excluding tert-OH is 1. The zero-order valence-electron chi connectivity index (χ0n) is 7.48. The van der Waals surface area contributed by atoms with E-state index in [1.54, 1.807) is 0 Å². The number of hydrogen-bond acceptors (Lipinski definition) is 4. The zero-order chi connectivity index (χ0) is 11.4. The first-order chi connectivity index (χ1) is 7.04. The molecule has 1 heterocycles. The quantitative estimate of drug-likeness (QED) is 0.391. The van der Waals surface area contributed by atoms with Gasteiger partial charge >= 0.3 is 11.7 Å². The fourth-order valence-electron chi connectivity index (χ4n) is 0.876. The van der Waals surface area contributed by atoms with E-state index in [9.17, 15) is 14.4 Å². The number of amides is 1. The second-order valence-electron chi connectivity index (χ2n) is 2.70. The number of H-pyrrole nitrogens is 2. The highest BCUT2D eigenvalue weighted by atomic mass is 16.4. The van der Waals surface area contributed by atoms with E-state index in [4.69, 9.17) is 10.2 Å². The number of imidazole rings is 1. The molecular weight excluding hydrogens is 206 g/mol. The maximum absolute atomic E-state index is 11.3. The van der Waals surface area contributed by atoms with Crippen molar-refractivity contribution in [3.63, 3.8) is 0 Å². The number of hydrogen-bond donors (Lipinski definition) is 5. The van der Waals surface area contributed by atoms with Crippen LogP contribution in [0.4, 0.5) is 0 Å². The predicted molar refractivity (Wildman–Crippen MR) is 47.4 cm³/mol. The Bertz CT molecular complexity index is 420. The number of carbonyl (C=O) groups is 2. The normalized spacial score (nSPS) is 12.1. The SMILES string of the molecule is O=C(NC(CO)C(=O)O)c1c[nH]c(=O)[nH]1. The maximum Gasteiger partial charge on any atom is 0.328 e. The van der Waals surface area contributed by atoms with Crippen molar-refractivity contribution in [2.45, 2.75) is 6.04 Å². The molecule has 0 aliphatic heterocycles. The van der Waals surface area contributed by atoms with Gasteiger partial charge in [0.15, 0.2) is 6.04 Å². The molecule has 0 fully saturated rings. The highest BCUT2D eigenvalue weighted by Crippen LogP contribution is 1.90. The Hall–Kier alpha value is -2.09. The van der Waals surface area contributed by atoms with Gasteiger partial charge in [0.1, 0.15) is 5.69 Å². The molecule has 0 radical (unpaired) electrons. The van der Waals surface area contributed by atoms with Crippen molar-refractivity contribution < 1.29 is 19.8 Å². The number of carboxylic acid groups (broad SMARTS) is 1. The summed E-state index contributed by atoms with van der Waals surface area (Å²) in [5.41, 5.74) is -0.671. The van der Waals surface area contributed by atoms with Gasteiger partial charge in [-0.15, -0.1) is 0 Å². The van der Waals surface area contributed by atoms with Crippen molar-refractivity contribution in [1.29, 1.82) is 0 Å². The van der Waals surface area contributed by atoms with Gasteiger partial charge in [0.05, 0.1) is 6.61 Å². The minimum Gasteiger partial charge on any atom is -0.480 e. The van der Waals surface area contributed by atoms with Gasteiger partial charge in [0, 0.05) is 6.20 Å². The lowest BCUT2D eigenvalue weighted by molar-refractivity contribution is -0.140. The third kappa shape index (κ3) is 2.68. The van der Waals surface area contributed by atoms with Crippen LogP contribution in [0.2, 0.25) is 0 Å². The van der Waals surface area contributed by atoms with Crippen LogP contribution in [0.3, 0.4) is 0 Å². The van der Waals surface area contributed by atoms with Crippen molar-refractivity contribution in [3.8, 4) is 0 Å². The van der Waals surface area contributed by atoms with Gasteiger partial charge in [-0.1, -0.05) is 0 Å². The van der Waals surface area contributed by atoms with Crippen LogP contribution in [0.15, 0.2) is 11.0 Å². The summed E-state index contributed by atoms with van der Waals surface area (Å²) in [4.78, 5) is 36.7. The van der Waals surface area contributed by atoms with E-state index in [2.05, 4.69) is 9.97 Å². The number of aliphatic hydroxyl groups is 1. The highest BCUT2D eigenvalue weighted by Gasteiger charge is 2.20. The Morgan fingerprint density at radius 3 is 2.60 bits per heavy atom. The van der Waals surface area contributed by atoms with Crippen molar-refractivity contribution in [1.82, 2.24) is 15.3 Å². The molecule has 15 heavy (non-hydrogen) atoms. The first-order valence-electron chi connectivity index (χ1n) is 3.97. The van der Waals surface area contributed by atoms with Crippen LogP contribution in [0.5, 0.6) is 0 Å². The van der Waals surface area contributed by atoms with E-state index < -0.39 is 30.2 Å². The average molecular weight is 215 g/mol. The molecule has 1 unspecified atom stereocenters. The van der Waals surface area contributed by atoms with Crippen LogP contribution in [0, 0.1) is 0 Å². The van der Waals surface area contributed by atoms with E-state index in [0.29, 0.717) is 0 Å². The Labute approximate surface area is 82.9 Å². The Morgan fingerprint density at radius 1 is 1.53 bits per heavy atom. The van der Waals surface area contributed by atoms with Crippen LogP contribution >= 0.6 is 0 Å². The summed E-state index contributed by atoms with van der Waals surface area (Å²) in [6, 6.07) is -1.39. The number of aromatic amines is 2. The van der Waals surface area contributed by atoms with Crippen LogP contribution in [-0.4, -0.2) is 44.7 Å². The lowest BCUT2D eigenvalue weighted by atomic mass is 10.3. The standard InChI is InChI=1S/C7H9N3O5/c11-2-4(6(13)14)9-5(12)3-1-8-7(15)10-3/h1,4,11H,2H2,(H,9,12)(H,13,14)(H2,8,10,15). The molecule has 1 aromatic heterocycles. The Kier molecular flexibility index (Phi) is 3.24. The number of aromatic nitrogens is 2. The molecule has 1 amide bonds. The minimum absolute atomic E-state index is 0.0975. The fourth-order valence-corrected chi connectivity index (χ4v) is 0.876. The van der Waals surface area contributed by atoms with Gasteiger partial charge < -0.3 is 25.5 Å². The third-order valence-corrected chi connectivity index (χ3v) is 1.63. The molecule has 8 heteroatoms. The van der Waals surface area contributed by atoms with E-state index in [1.807, 2.05) is 5.32 Å². The van der Waals surface area contributed by atoms with E-state index in [1.165, 1.54) is 0 Å². The highest BCUT2D eigenvalue weighted by molar-refractivity contribution is 5.94. The van der Waals surface area contributed by atoms with Gasteiger partial charge in [-0.05, 0) is 0 Å². The summed E-state index contributed by atoms with van der Waals surface area (Å²) in [5.74, 6) is -2.14. The van der Waals surface area contributed by atoms with Gasteiger partial charge in [0.25, 0.3) is 5.91 Å². The summed E-state index contributed by atoms with van der Waals surface area (Å²) in [6.45, 7) is -0.726. The monoisotopic (exact) mass is 215 g/mol. The summed E-state index contributed by atoms with van der Waals surface area (Å²) in [7, 11) is 0. The number of aliphatic carboxylic acids is 1. The summed E-state index contributed by atoms with van der Waals surface area (Å²) < 4.78 is 0. The van der Waals surface area contributed by atoms with E-state index in [0.717, 1.165) is 6.20 Å². The largest absolute Gasteiger partial charge is 0.480 e. The summed E-state index contributed by atoms with van der Waals surface area (Å²) in [6.07, 6.45) is 1.11.